The van der Waals surface area contributed by atoms with Gasteiger partial charge in [0, 0.05) is 16.8 Å². The van der Waals surface area contributed by atoms with Crippen LogP contribution in [0.4, 0.5) is 5.82 Å². The number of aromatic nitrogens is 3. The van der Waals surface area contributed by atoms with Crippen LogP contribution in [0.1, 0.15) is 11.3 Å². The molecule has 0 aliphatic rings. The van der Waals surface area contributed by atoms with Crippen LogP contribution < -0.4 is 19.9 Å². The standard InChI is InChI=1S/C18H20N4O3/c1-9-10(2)22-18-14(17(19)20-8-21-18)13(9)11-6-7-12(23-3)16(25-5)15(11)24-4/h6-8H,1-5H3,(H2,19,20,21,22). The van der Waals surface area contributed by atoms with E-state index >= 15 is 0 Å². The van der Waals surface area contributed by atoms with E-state index in [1.165, 1.54) is 6.33 Å². The Hall–Kier alpha value is -3.09. The Labute approximate surface area is 145 Å². The van der Waals surface area contributed by atoms with Gasteiger partial charge in [0.1, 0.15) is 12.1 Å². The summed E-state index contributed by atoms with van der Waals surface area (Å²) < 4.78 is 16.5. The molecule has 7 heteroatoms. The Morgan fingerprint density at radius 3 is 2.28 bits per heavy atom. The Kier molecular flexibility index (Phi) is 4.31. The van der Waals surface area contributed by atoms with Crippen LogP contribution in [0.2, 0.25) is 0 Å². The minimum absolute atomic E-state index is 0.368. The summed E-state index contributed by atoms with van der Waals surface area (Å²) in [5, 5.41) is 0.691. The van der Waals surface area contributed by atoms with E-state index in [0.29, 0.717) is 34.1 Å². The maximum atomic E-state index is 6.14. The molecule has 25 heavy (non-hydrogen) atoms. The predicted molar refractivity (Wildman–Crippen MR) is 96.3 cm³/mol. The molecule has 2 aromatic heterocycles. The summed E-state index contributed by atoms with van der Waals surface area (Å²) in [5.41, 5.74) is 10.2. The second-order valence-corrected chi connectivity index (χ2v) is 5.54. The number of nitrogens with zero attached hydrogens (tertiary/aromatic N) is 3. The molecule has 0 saturated carbocycles. The molecule has 0 spiro atoms. The lowest BCUT2D eigenvalue weighted by Crippen LogP contribution is -2.03. The first-order valence-electron chi connectivity index (χ1n) is 7.70. The third-order valence-electron chi connectivity index (χ3n) is 4.27. The summed E-state index contributed by atoms with van der Waals surface area (Å²) in [6.07, 6.45) is 1.41. The zero-order valence-corrected chi connectivity index (χ0v) is 14.9. The molecule has 0 fully saturated rings. The van der Waals surface area contributed by atoms with Crippen molar-refractivity contribution in [2.75, 3.05) is 27.1 Å². The molecular weight excluding hydrogens is 320 g/mol. The maximum absolute atomic E-state index is 6.14. The van der Waals surface area contributed by atoms with Gasteiger partial charge in [-0.05, 0) is 31.5 Å². The number of nitrogen functional groups attached to an aromatic ring is 1. The molecule has 0 saturated heterocycles. The fourth-order valence-electron chi connectivity index (χ4n) is 2.96. The van der Waals surface area contributed by atoms with E-state index in [4.69, 9.17) is 19.9 Å². The smallest absolute Gasteiger partial charge is 0.203 e. The molecule has 2 heterocycles. The highest BCUT2D eigenvalue weighted by atomic mass is 16.5. The molecule has 0 aliphatic heterocycles. The van der Waals surface area contributed by atoms with Crippen LogP contribution in [0.25, 0.3) is 22.2 Å². The summed E-state index contributed by atoms with van der Waals surface area (Å²) in [6, 6.07) is 3.74. The highest BCUT2D eigenvalue weighted by Crippen LogP contribution is 2.47. The molecule has 0 bridgehead atoms. The van der Waals surface area contributed by atoms with Gasteiger partial charge in [0.2, 0.25) is 5.75 Å². The van der Waals surface area contributed by atoms with Gasteiger partial charge in [-0.25, -0.2) is 15.0 Å². The highest BCUT2D eigenvalue weighted by molar-refractivity contribution is 6.02. The number of anilines is 1. The largest absolute Gasteiger partial charge is 0.493 e. The van der Waals surface area contributed by atoms with Gasteiger partial charge < -0.3 is 19.9 Å². The monoisotopic (exact) mass is 340 g/mol. The second kappa shape index (κ2) is 6.43. The first-order valence-corrected chi connectivity index (χ1v) is 7.70. The van der Waals surface area contributed by atoms with Crippen LogP contribution in [-0.4, -0.2) is 36.3 Å². The van der Waals surface area contributed by atoms with Gasteiger partial charge in [-0.1, -0.05) is 0 Å². The Morgan fingerprint density at radius 2 is 1.64 bits per heavy atom. The minimum atomic E-state index is 0.368. The average Bonchev–Trinajstić information content (AvgIpc) is 2.62. The van der Waals surface area contributed by atoms with E-state index in [1.54, 1.807) is 21.3 Å². The number of nitrogens with two attached hydrogens (primary N) is 1. The molecular formula is C18H20N4O3. The molecule has 1 aromatic carbocycles. The molecule has 0 atom stereocenters. The molecule has 7 nitrogen and oxygen atoms in total. The first-order chi connectivity index (χ1) is 12.0. The van der Waals surface area contributed by atoms with Crippen LogP contribution in [0.15, 0.2) is 18.5 Å². The van der Waals surface area contributed by atoms with Crippen molar-refractivity contribution < 1.29 is 14.2 Å². The van der Waals surface area contributed by atoms with Gasteiger partial charge in [0.25, 0.3) is 0 Å². The van der Waals surface area contributed by atoms with Gasteiger partial charge in [-0.3, -0.25) is 0 Å². The number of rotatable bonds is 4. The number of aryl methyl sites for hydroxylation is 1. The van der Waals surface area contributed by atoms with E-state index < -0.39 is 0 Å². The highest BCUT2D eigenvalue weighted by Gasteiger charge is 2.22. The van der Waals surface area contributed by atoms with Crippen LogP contribution in [0.3, 0.4) is 0 Å². The van der Waals surface area contributed by atoms with E-state index in [9.17, 15) is 0 Å². The topological polar surface area (TPSA) is 92.4 Å². The summed E-state index contributed by atoms with van der Waals surface area (Å²) in [6.45, 7) is 3.92. The minimum Gasteiger partial charge on any atom is -0.493 e. The second-order valence-electron chi connectivity index (χ2n) is 5.54. The normalized spacial score (nSPS) is 10.8. The van der Waals surface area contributed by atoms with Crippen molar-refractivity contribution in [1.82, 2.24) is 15.0 Å². The third kappa shape index (κ3) is 2.57. The number of ether oxygens (including phenoxy) is 3. The summed E-state index contributed by atoms with van der Waals surface area (Å²) in [4.78, 5) is 12.9. The molecule has 0 aliphatic carbocycles. The molecule has 130 valence electrons. The number of fused-ring (bicyclic) bond motifs is 1. The quantitative estimate of drug-likeness (QED) is 0.780. The average molecular weight is 340 g/mol. The SMILES string of the molecule is COc1ccc(-c2c(C)c(C)nc3ncnc(N)c23)c(OC)c1OC. The lowest BCUT2D eigenvalue weighted by molar-refractivity contribution is 0.325. The lowest BCUT2D eigenvalue weighted by atomic mass is 9.95. The number of hydrogen-bond acceptors (Lipinski definition) is 7. The summed E-state index contributed by atoms with van der Waals surface area (Å²) in [5.74, 6) is 2.02. The van der Waals surface area contributed by atoms with Gasteiger partial charge in [0.05, 0.1) is 26.7 Å². The van der Waals surface area contributed by atoms with Crippen molar-refractivity contribution in [3.05, 3.63) is 29.7 Å². The van der Waals surface area contributed by atoms with Crippen molar-refractivity contribution in [2.24, 2.45) is 0 Å². The van der Waals surface area contributed by atoms with Crippen LogP contribution in [0, 0.1) is 13.8 Å². The lowest BCUT2D eigenvalue weighted by Gasteiger charge is -2.19. The summed E-state index contributed by atoms with van der Waals surface area (Å²) >= 11 is 0. The van der Waals surface area contributed by atoms with E-state index in [0.717, 1.165) is 22.4 Å². The van der Waals surface area contributed by atoms with E-state index in [1.807, 2.05) is 26.0 Å². The zero-order chi connectivity index (χ0) is 18.1. The first kappa shape index (κ1) is 16.8. The van der Waals surface area contributed by atoms with Gasteiger partial charge >= 0.3 is 0 Å². The maximum Gasteiger partial charge on any atom is 0.203 e. The molecule has 0 radical (unpaired) electrons. The number of pyridine rings is 1. The van der Waals surface area contributed by atoms with Crippen molar-refractivity contribution in [2.45, 2.75) is 13.8 Å². The van der Waals surface area contributed by atoms with E-state index in [2.05, 4.69) is 15.0 Å². The molecule has 3 rings (SSSR count). The number of hydrogen-bond donors (Lipinski definition) is 1. The Bertz CT molecular complexity index is 957. The number of methoxy groups -OCH3 is 3. The van der Waals surface area contributed by atoms with Crippen molar-refractivity contribution in [1.29, 1.82) is 0 Å². The predicted octanol–water partition coefficient (Wildman–Crippen LogP) is 2.92. The van der Waals surface area contributed by atoms with E-state index in [-0.39, 0.29) is 0 Å². The molecule has 2 N–H and O–H groups in total. The van der Waals surface area contributed by atoms with Crippen LogP contribution in [0.5, 0.6) is 17.2 Å². The fourth-order valence-corrected chi connectivity index (χ4v) is 2.96. The Morgan fingerprint density at radius 1 is 0.920 bits per heavy atom. The van der Waals surface area contributed by atoms with Gasteiger partial charge in [-0.2, -0.15) is 0 Å². The fraction of sp³-hybridized carbons (Fsp3) is 0.278. The zero-order valence-electron chi connectivity index (χ0n) is 14.9. The van der Waals surface area contributed by atoms with Crippen molar-refractivity contribution >= 4 is 16.9 Å². The molecule has 0 unspecified atom stereocenters. The van der Waals surface area contributed by atoms with Crippen molar-refractivity contribution in [3.8, 4) is 28.4 Å². The van der Waals surface area contributed by atoms with Crippen molar-refractivity contribution in [3.63, 3.8) is 0 Å². The van der Waals surface area contributed by atoms with Gasteiger partial charge in [-0.15, -0.1) is 0 Å². The molecule has 3 aromatic rings. The van der Waals surface area contributed by atoms with Crippen LogP contribution >= 0.6 is 0 Å². The number of benzene rings is 1. The third-order valence-corrected chi connectivity index (χ3v) is 4.27. The molecule has 0 amide bonds. The summed E-state index contributed by atoms with van der Waals surface area (Å²) in [7, 11) is 4.75. The van der Waals surface area contributed by atoms with Gasteiger partial charge in [0.15, 0.2) is 17.1 Å². The Balaban J connectivity index is 2.47. The van der Waals surface area contributed by atoms with Crippen LogP contribution in [-0.2, 0) is 0 Å².